The number of para-hydroxylation sites is 1. The Kier molecular flexibility index (Phi) is 6.11. The summed E-state index contributed by atoms with van der Waals surface area (Å²) < 4.78 is 2.08. The van der Waals surface area contributed by atoms with Gasteiger partial charge in [0.2, 0.25) is 5.78 Å². The van der Waals surface area contributed by atoms with Crippen LogP contribution in [0.15, 0.2) is 73.1 Å². The normalized spacial score (nSPS) is 19.7. The van der Waals surface area contributed by atoms with Crippen molar-refractivity contribution in [2.24, 2.45) is 0 Å². The molecule has 4 aromatic rings. The fourth-order valence-corrected chi connectivity index (χ4v) is 5.87. The molecule has 2 saturated heterocycles. The molecule has 8 heteroatoms. The molecule has 4 heterocycles. The number of amides is 2. The van der Waals surface area contributed by atoms with Gasteiger partial charge in [-0.05, 0) is 50.1 Å². The molecule has 0 N–H and O–H groups in total. The van der Waals surface area contributed by atoms with Crippen LogP contribution < -0.4 is 4.90 Å². The second-order valence-electron chi connectivity index (χ2n) is 9.55. The second-order valence-corrected chi connectivity index (χ2v) is 9.99. The Hall–Kier alpha value is -3.42. The summed E-state index contributed by atoms with van der Waals surface area (Å²) in [5, 5.41) is 0.705. The molecule has 2 aliphatic rings. The number of carbonyl (C=O) groups excluding carboxylic acids is 1. The fraction of sp³-hybridized carbons (Fsp3) is 0.321. The van der Waals surface area contributed by atoms with Crippen molar-refractivity contribution in [1.29, 1.82) is 0 Å². The van der Waals surface area contributed by atoms with Gasteiger partial charge < -0.3 is 4.90 Å². The Bertz CT molecular complexity index is 1360. The van der Waals surface area contributed by atoms with E-state index in [1.54, 1.807) is 6.20 Å². The zero-order valence-corrected chi connectivity index (χ0v) is 21.1. The van der Waals surface area contributed by atoms with E-state index in [1.807, 2.05) is 78.7 Å². The van der Waals surface area contributed by atoms with Crippen molar-refractivity contribution in [3.05, 3.63) is 83.8 Å². The fourth-order valence-electron chi connectivity index (χ4n) is 5.74. The molecule has 0 saturated carbocycles. The lowest BCUT2D eigenvalue weighted by molar-refractivity contribution is 0.0865. The van der Waals surface area contributed by atoms with Crippen LogP contribution in [0.3, 0.4) is 0 Å². The van der Waals surface area contributed by atoms with E-state index >= 15 is 0 Å². The Labute approximate surface area is 215 Å². The summed E-state index contributed by atoms with van der Waals surface area (Å²) in [6.45, 7) is 5.14. The summed E-state index contributed by atoms with van der Waals surface area (Å²) in [5.41, 5.74) is 4.02. The maximum atomic E-state index is 13.7. The number of anilines is 1. The van der Waals surface area contributed by atoms with Gasteiger partial charge in [0.25, 0.3) is 0 Å². The van der Waals surface area contributed by atoms with E-state index in [2.05, 4.69) is 19.2 Å². The summed E-state index contributed by atoms with van der Waals surface area (Å²) in [6, 6.07) is 20.3. The van der Waals surface area contributed by atoms with Gasteiger partial charge in [-0.25, -0.2) is 14.8 Å². The molecule has 2 aliphatic heterocycles. The molecule has 2 bridgehead atoms. The number of urea groups is 1. The van der Waals surface area contributed by atoms with Gasteiger partial charge in [-0.2, -0.15) is 0 Å². The van der Waals surface area contributed by atoms with Crippen LogP contribution in [0, 0.1) is 0 Å². The van der Waals surface area contributed by atoms with Crippen molar-refractivity contribution in [1.82, 2.24) is 24.2 Å². The number of imidazole rings is 1. The highest BCUT2D eigenvalue weighted by molar-refractivity contribution is 6.30. The zero-order chi connectivity index (χ0) is 24.6. The summed E-state index contributed by atoms with van der Waals surface area (Å²) in [5.74, 6) is 0.690. The van der Waals surface area contributed by atoms with Crippen LogP contribution in [0.5, 0.6) is 0 Å². The van der Waals surface area contributed by atoms with E-state index in [0.717, 1.165) is 55.1 Å². The molecule has 36 heavy (non-hydrogen) atoms. The van der Waals surface area contributed by atoms with E-state index < -0.39 is 0 Å². The summed E-state index contributed by atoms with van der Waals surface area (Å²) in [7, 11) is 0. The van der Waals surface area contributed by atoms with E-state index in [1.165, 1.54) is 0 Å². The van der Waals surface area contributed by atoms with Gasteiger partial charge in [-0.15, -0.1) is 0 Å². The third-order valence-corrected chi connectivity index (χ3v) is 7.64. The van der Waals surface area contributed by atoms with E-state index in [-0.39, 0.29) is 18.1 Å². The molecule has 184 valence electrons. The standard InChI is InChI=1S/C28H29ClN6O/c1-2-33(22-7-4-3-5-8-22)28(36)35-23-13-14-24(35)18-32(17-23)19-25-26(20-9-11-21(29)12-10-20)31-27-30-15-6-16-34(25)27/h3-12,15-16,23-24H,2,13-14,17-19H2,1H3. The number of benzene rings is 2. The average molecular weight is 501 g/mol. The number of piperazine rings is 1. The average Bonchev–Trinajstić information content (AvgIpc) is 3.40. The lowest BCUT2D eigenvalue weighted by atomic mass is 10.1. The highest BCUT2D eigenvalue weighted by atomic mass is 35.5. The highest BCUT2D eigenvalue weighted by Crippen LogP contribution is 2.34. The van der Waals surface area contributed by atoms with E-state index in [4.69, 9.17) is 16.6 Å². The van der Waals surface area contributed by atoms with Crippen LogP contribution in [0.25, 0.3) is 17.0 Å². The molecule has 0 radical (unpaired) electrons. The lowest BCUT2D eigenvalue weighted by Crippen LogP contribution is -2.58. The number of carbonyl (C=O) groups is 1. The molecule has 2 atom stereocenters. The molecule has 2 fully saturated rings. The van der Waals surface area contributed by atoms with Crippen molar-refractivity contribution < 1.29 is 4.79 Å². The maximum absolute atomic E-state index is 13.7. The van der Waals surface area contributed by atoms with Crippen LogP contribution in [-0.4, -0.2) is 61.9 Å². The Morgan fingerprint density at radius 2 is 1.75 bits per heavy atom. The van der Waals surface area contributed by atoms with Crippen molar-refractivity contribution in [2.45, 2.75) is 38.4 Å². The molecule has 0 spiro atoms. The molecular weight excluding hydrogens is 472 g/mol. The van der Waals surface area contributed by atoms with Gasteiger partial charge in [-0.1, -0.05) is 41.9 Å². The van der Waals surface area contributed by atoms with Crippen molar-refractivity contribution in [3.63, 3.8) is 0 Å². The Morgan fingerprint density at radius 1 is 1.03 bits per heavy atom. The third-order valence-electron chi connectivity index (χ3n) is 7.39. The number of likely N-dealkylation sites (tertiary alicyclic amines) is 1. The Balaban J connectivity index is 1.26. The van der Waals surface area contributed by atoms with Crippen molar-refractivity contribution >= 4 is 29.1 Å². The van der Waals surface area contributed by atoms with E-state index in [0.29, 0.717) is 17.3 Å². The Morgan fingerprint density at radius 3 is 2.44 bits per heavy atom. The number of hydrogen-bond acceptors (Lipinski definition) is 4. The number of fused-ring (bicyclic) bond motifs is 3. The molecule has 2 aromatic carbocycles. The first-order chi connectivity index (χ1) is 17.6. The largest absolute Gasteiger partial charge is 0.325 e. The number of rotatable bonds is 5. The molecule has 2 unspecified atom stereocenters. The predicted molar refractivity (Wildman–Crippen MR) is 142 cm³/mol. The van der Waals surface area contributed by atoms with Gasteiger partial charge in [0, 0.05) is 66.9 Å². The minimum absolute atomic E-state index is 0.122. The number of aromatic nitrogens is 3. The quantitative estimate of drug-likeness (QED) is 0.371. The monoisotopic (exact) mass is 500 g/mol. The van der Waals surface area contributed by atoms with Gasteiger partial charge in [0.15, 0.2) is 0 Å². The first-order valence-electron chi connectivity index (χ1n) is 12.6. The first-order valence-corrected chi connectivity index (χ1v) is 13.0. The van der Waals surface area contributed by atoms with E-state index in [9.17, 15) is 4.79 Å². The summed E-state index contributed by atoms with van der Waals surface area (Å²) in [6.07, 6.45) is 5.88. The SMILES string of the molecule is CCN(C(=O)N1C2CCC1CN(Cc1c(-c3ccc(Cl)cc3)nc3ncccn13)C2)c1ccccc1. The molecule has 2 amide bonds. The van der Waals surface area contributed by atoms with Crippen molar-refractivity contribution in [2.75, 3.05) is 24.5 Å². The molecule has 2 aromatic heterocycles. The minimum atomic E-state index is 0.122. The van der Waals surface area contributed by atoms with Crippen LogP contribution in [0.2, 0.25) is 5.02 Å². The van der Waals surface area contributed by atoms with Crippen LogP contribution in [-0.2, 0) is 6.54 Å². The van der Waals surface area contributed by atoms with Gasteiger partial charge >= 0.3 is 6.03 Å². The lowest BCUT2D eigenvalue weighted by Gasteiger charge is -2.43. The first kappa shape index (κ1) is 23.0. The maximum Gasteiger partial charge on any atom is 0.325 e. The molecule has 0 aliphatic carbocycles. The number of halogens is 1. The molecule has 7 nitrogen and oxygen atoms in total. The minimum Gasteiger partial charge on any atom is -0.316 e. The smallest absolute Gasteiger partial charge is 0.316 e. The zero-order valence-electron chi connectivity index (χ0n) is 20.3. The number of hydrogen-bond donors (Lipinski definition) is 0. The third kappa shape index (κ3) is 4.12. The van der Waals surface area contributed by atoms with Crippen molar-refractivity contribution in [3.8, 4) is 11.3 Å². The second kappa shape index (κ2) is 9.56. The van der Waals surface area contributed by atoms with Crippen LogP contribution in [0.1, 0.15) is 25.5 Å². The topological polar surface area (TPSA) is 57.0 Å². The summed E-state index contributed by atoms with van der Waals surface area (Å²) in [4.78, 5) is 29.5. The number of nitrogens with zero attached hydrogens (tertiary/aromatic N) is 6. The molecular formula is C28H29ClN6O. The molecule has 6 rings (SSSR count). The van der Waals surface area contributed by atoms with Gasteiger partial charge in [0.05, 0.1) is 11.4 Å². The van der Waals surface area contributed by atoms with Gasteiger partial charge in [0.1, 0.15) is 0 Å². The van der Waals surface area contributed by atoms with Crippen LogP contribution >= 0.6 is 11.6 Å². The summed E-state index contributed by atoms with van der Waals surface area (Å²) >= 11 is 6.14. The predicted octanol–water partition coefficient (Wildman–Crippen LogP) is 5.34. The van der Waals surface area contributed by atoms with Gasteiger partial charge in [-0.3, -0.25) is 14.2 Å². The van der Waals surface area contributed by atoms with Crippen LogP contribution in [0.4, 0.5) is 10.5 Å². The highest BCUT2D eigenvalue weighted by Gasteiger charge is 2.44.